The first kappa shape index (κ1) is 14.8. The van der Waals surface area contributed by atoms with Gasteiger partial charge in [0.25, 0.3) is 0 Å². The first-order chi connectivity index (χ1) is 9.61. The molecule has 0 saturated heterocycles. The molecule has 0 aromatic carbocycles. The lowest BCUT2D eigenvalue weighted by Crippen LogP contribution is -2.10. The van der Waals surface area contributed by atoms with Crippen LogP contribution in [-0.2, 0) is 0 Å². The van der Waals surface area contributed by atoms with E-state index in [0.29, 0.717) is 5.92 Å². The smallest absolute Gasteiger partial charge is 0.0667 e. The molecule has 2 rings (SSSR count). The van der Waals surface area contributed by atoms with E-state index in [2.05, 4.69) is 63.0 Å². The van der Waals surface area contributed by atoms with Gasteiger partial charge < -0.3 is 0 Å². The monoisotopic (exact) mass is 267 g/mol. The van der Waals surface area contributed by atoms with E-state index < -0.39 is 0 Å². The Balaban J connectivity index is 2.34. The Kier molecular flexibility index (Phi) is 4.94. The fourth-order valence-electron chi connectivity index (χ4n) is 2.99. The minimum atomic E-state index is 0.568. The molecule has 1 aromatic heterocycles. The number of aryl methyl sites for hydroxylation is 1. The van der Waals surface area contributed by atoms with Crippen LogP contribution in [-0.4, -0.2) is 4.98 Å². The lowest BCUT2D eigenvalue weighted by Gasteiger charge is -2.25. The van der Waals surface area contributed by atoms with Crippen LogP contribution in [0, 0.1) is 12.8 Å². The Bertz CT molecular complexity index is 544. The topological polar surface area (TPSA) is 12.9 Å². The molecule has 1 aromatic rings. The Labute approximate surface area is 123 Å². The van der Waals surface area contributed by atoms with Crippen LogP contribution in [0.15, 0.2) is 47.7 Å². The zero-order valence-electron chi connectivity index (χ0n) is 13.1. The van der Waals surface area contributed by atoms with E-state index in [9.17, 15) is 0 Å². The number of hydrogen-bond donors (Lipinski definition) is 0. The molecular weight excluding hydrogens is 242 g/mol. The summed E-state index contributed by atoms with van der Waals surface area (Å²) < 4.78 is 0. The van der Waals surface area contributed by atoms with Crippen LogP contribution in [0.2, 0.25) is 0 Å². The summed E-state index contributed by atoms with van der Waals surface area (Å²) in [6, 6.07) is 4.33. The predicted molar refractivity (Wildman–Crippen MR) is 87.5 cm³/mol. The maximum atomic E-state index is 4.64. The Hall–Kier alpha value is -1.63. The van der Waals surface area contributed by atoms with Crippen LogP contribution in [0.3, 0.4) is 0 Å². The maximum Gasteiger partial charge on any atom is 0.0667 e. The Morgan fingerprint density at radius 2 is 2.00 bits per heavy atom. The molecule has 20 heavy (non-hydrogen) atoms. The second-order valence-corrected chi connectivity index (χ2v) is 5.82. The van der Waals surface area contributed by atoms with Crippen LogP contribution >= 0.6 is 0 Å². The highest BCUT2D eigenvalue weighted by molar-refractivity contribution is 5.72. The van der Waals surface area contributed by atoms with E-state index in [4.69, 9.17) is 0 Å². The van der Waals surface area contributed by atoms with Gasteiger partial charge in [-0.05, 0) is 68.7 Å². The van der Waals surface area contributed by atoms with E-state index in [1.54, 1.807) is 0 Å². The summed E-state index contributed by atoms with van der Waals surface area (Å²) >= 11 is 0. The lowest BCUT2D eigenvalue weighted by atomic mass is 9.80. The third kappa shape index (κ3) is 3.47. The van der Waals surface area contributed by atoms with Gasteiger partial charge in [0.15, 0.2) is 0 Å². The molecule has 1 atom stereocenters. The molecule has 0 amide bonds. The van der Waals surface area contributed by atoms with Crippen LogP contribution in [0.25, 0.3) is 5.57 Å². The second-order valence-electron chi connectivity index (χ2n) is 5.82. The summed E-state index contributed by atoms with van der Waals surface area (Å²) in [6.45, 7) is 8.73. The molecule has 0 bridgehead atoms. The van der Waals surface area contributed by atoms with Gasteiger partial charge in [0.1, 0.15) is 0 Å². The van der Waals surface area contributed by atoms with Crippen molar-refractivity contribution in [1.29, 1.82) is 0 Å². The molecule has 0 radical (unpaired) electrons. The molecule has 0 N–H and O–H groups in total. The number of nitrogens with zero attached hydrogens (tertiary/aromatic N) is 1. The normalized spacial score (nSPS) is 19.6. The van der Waals surface area contributed by atoms with Gasteiger partial charge in [0.05, 0.1) is 5.69 Å². The van der Waals surface area contributed by atoms with Gasteiger partial charge in [0.2, 0.25) is 0 Å². The average molecular weight is 267 g/mol. The molecule has 1 aliphatic rings. The predicted octanol–water partition coefficient (Wildman–Crippen LogP) is 5.49. The molecule has 0 aliphatic heterocycles. The van der Waals surface area contributed by atoms with E-state index in [-0.39, 0.29) is 0 Å². The zero-order chi connectivity index (χ0) is 14.5. The summed E-state index contributed by atoms with van der Waals surface area (Å²) in [7, 11) is 0. The standard InChI is InChI=1S/C19H25N/c1-5-6-7-8-17-12-15(3)11-16(4)19(17)18-10-9-14(2)13-20-18/h6-7,9-11,13,17H,5,8,12H2,1-4H3. The third-order valence-corrected chi connectivity index (χ3v) is 3.87. The molecule has 1 unspecified atom stereocenters. The molecule has 0 saturated carbocycles. The van der Waals surface area contributed by atoms with Gasteiger partial charge in [0, 0.05) is 6.20 Å². The van der Waals surface area contributed by atoms with Crippen molar-refractivity contribution in [2.24, 2.45) is 5.92 Å². The van der Waals surface area contributed by atoms with Gasteiger partial charge in [-0.15, -0.1) is 0 Å². The number of rotatable bonds is 4. The molecule has 0 spiro atoms. The second kappa shape index (κ2) is 6.69. The van der Waals surface area contributed by atoms with Gasteiger partial charge in [-0.1, -0.05) is 36.8 Å². The zero-order valence-corrected chi connectivity index (χ0v) is 13.1. The summed E-state index contributed by atoms with van der Waals surface area (Å²) in [6.07, 6.45) is 12.3. The minimum absolute atomic E-state index is 0.568. The van der Waals surface area contributed by atoms with E-state index in [0.717, 1.165) is 25.0 Å². The first-order valence-electron chi connectivity index (χ1n) is 7.57. The Morgan fingerprint density at radius 3 is 2.65 bits per heavy atom. The number of allylic oxidation sites excluding steroid dienone is 6. The van der Waals surface area contributed by atoms with E-state index in [1.165, 1.54) is 22.3 Å². The van der Waals surface area contributed by atoms with Crippen LogP contribution in [0.4, 0.5) is 0 Å². The highest BCUT2D eigenvalue weighted by Crippen LogP contribution is 2.37. The van der Waals surface area contributed by atoms with Crippen LogP contribution in [0.5, 0.6) is 0 Å². The van der Waals surface area contributed by atoms with Crippen molar-refractivity contribution < 1.29 is 0 Å². The summed E-state index contributed by atoms with van der Waals surface area (Å²) in [5.74, 6) is 0.568. The van der Waals surface area contributed by atoms with Gasteiger partial charge in [-0.3, -0.25) is 4.98 Å². The molecule has 1 heteroatoms. The van der Waals surface area contributed by atoms with Crippen molar-refractivity contribution in [3.63, 3.8) is 0 Å². The van der Waals surface area contributed by atoms with Crippen molar-refractivity contribution >= 4 is 5.57 Å². The SMILES string of the molecule is CCC=CCC1CC(C)=CC(C)=C1c1ccc(C)cn1. The van der Waals surface area contributed by atoms with Crippen molar-refractivity contribution in [3.8, 4) is 0 Å². The highest BCUT2D eigenvalue weighted by atomic mass is 14.7. The van der Waals surface area contributed by atoms with Gasteiger partial charge >= 0.3 is 0 Å². The number of hydrogen-bond acceptors (Lipinski definition) is 1. The van der Waals surface area contributed by atoms with Crippen molar-refractivity contribution in [2.45, 2.75) is 47.0 Å². The average Bonchev–Trinajstić information content (AvgIpc) is 2.40. The molecular formula is C19H25N. The fourth-order valence-corrected chi connectivity index (χ4v) is 2.99. The van der Waals surface area contributed by atoms with Crippen molar-refractivity contribution in [2.75, 3.05) is 0 Å². The minimum Gasteiger partial charge on any atom is -0.256 e. The third-order valence-electron chi connectivity index (χ3n) is 3.87. The quantitative estimate of drug-likeness (QED) is 0.658. The van der Waals surface area contributed by atoms with Crippen molar-refractivity contribution in [3.05, 3.63) is 59.0 Å². The molecule has 1 nitrogen and oxygen atoms in total. The Morgan fingerprint density at radius 1 is 1.20 bits per heavy atom. The van der Waals surface area contributed by atoms with Crippen LogP contribution in [0.1, 0.15) is 51.3 Å². The van der Waals surface area contributed by atoms with Gasteiger partial charge in [-0.2, -0.15) is 0 Å². The first-order valence-corrected chi connectivity index (χ1v) is 7.57. The lowest BCUT2D eigenvalue weighted by molar-refractivity contribution is 0.657. The number of pyridine rings is 1. The summed E-state index contributed by atoms with van der Waals surface area (Å²) in [5.41, 5.74) is 6.65. The van der Waals surface area contributed by atoms with Crippen LogP contribution < -0.4 is 0 Å². The molecule has 1 heterocycles. The summed E-state index contributed by atoms with van der Waals surface area (Å²) in [5, 5.41) is 0. The molecule has 0 fully saturated rings. The van der Waals surface area contributed by atoms with E-state index in [1.807, 2.05) is 6.20 Å². The van der Waals surface area contributed by atoms with E-state index >= 15 is 0 Å². The highest BCUT2D eigenvalue weighted by Gasteiger charge is 2.22. The molecule has 106 valence electrons. The van der Waals surface area contributed by atoms with Gasteiger partial charge in [-0.25, -0.2) is 0 Å². The summed E-state index contributed by atoms with van der Waals surface area (Å²) in [4.78, 5) is 4.64. The number of aromatic nitrogens is 1. The maximum absolute atomic E-state index is 4.64. The fraction of sp³-hybridized carbons (Fsp3) is 0.421. The largest absolute Gasteiger partial charge is 0.256 e. The molecule has 1 aliphatic carbocycles. The van der Waals surface area contributed by atoms with Crippen molar-refractivity contribution in [1.82, 2.24) is 4.98 Å².